The van der Waals surface area contributed by atoms with Crippen molar-refractivity contribution in [2.24, 2.45) is 0 Å². The maximum absolute atomic E-state index is 10.7. The Morgan fingerprint density at radius 2 is 0.553 bits per heavy atom. The van der Waals surface area contributed by atoms with Gasteiger partial charge in [0.25, 0.3) is 0 Å². The van der Waals surface area contributed by atoms with Crippen LogP contribution in [0.4, 0.5) is 13.2 Å². The van der Waals surface area contributed by atoms with E-state index in [0.717, 1.165) is 0 Å². The van der Waals surface area contributed by atoms with Gasteiger partial charge >= 0.3 is 89.7 Å². The van der Waals surface area contributed by atoms with Gasteiger partial charge in [-0.2, -0.15) is 13.2 Å². The minimum atomic E-state index is -6.09. The number of hydrogen-bond acceptors (Lipinski definition) is 3. The molecule has 0 aromatic heterocycles. The molecule has 2 rings (SSSR count). The molecule has 213 valence electrons. The molecule has 0 aliphatic heterocycles. The first-order valence-electron chi connectivity index (χ1n) is 9.59. The van der Waals surface area contributed by atoms with Crippen molar-refractivity contribution in [2.45, 2.75) is 74.7 Å². The Hall–Kier alpha value is -0.0932. The average molecular weight is 734 g/mol. The van der Waals surface area contributed by atoms with Crippen LogP contribution in [0.5, 0.6) is 0 Å². The van der Waals surface area contributed by atoms with Gasteiger partial charge in [-0.3, -0.25) is 0 Å². The predicted molar refractivity (Wildman–Crippen MR) is 121 cm³/mol. The van der Waals surface area contributed by atoms with E-state index in [1.807, 2.05) is 0 Å². The third-order valence-electron chi connectivity index (χ3n) is 5.91. The monoisotopic (exact) mass is 735 g/mol. The maximum atomic E-state index is 10.7. The summed E-state index contributed by atoms with van der Waals surface area (Å²) in [5.41, 5.74) is -5.65. The average Bonchev–Trinajstić information content (AvgIpc) is 3.13. The number of rotatable bonds is 0. The summed E-state index contributed by atoms with van der Waals surface area (Å²) in [5.74, 6) is 14.7. The van der Waals surface area contributed by atoms with Crippen LogP contribution in [-0.4, -0.2) is 18.5 Å². The molecule has 0 heterocycles. The predicted octanol–water partition coefficient (Wildman–Crippen LogP) is 5.84. The van der Waals surface area contributed by atoms with Crippen LogP contribution in [0.2, 0.25) is 0 Å². The van der Waals surface area contributed by atoms with Crippen molar-refractivity contribution < 1.29 is 83.7 Å². The van der Waals surface area contributed by atoms with E-state index in [1.165, 1.54) is 59.2 Å². The van der Waals surface area contributed by atoms with Crippen LogP contribution >= 0.6 is 0 Å². The zero-order valence-corrected chi connectivity index (χ0v) is 26.9. The molecular formula is C25H30F3O7Ru2S+2. The molecule has 2 fully saturated rings. The van der Waals surface area contributed by atoms with E-state index < -0.39 is 15.6 Å². The SMILES string of the molecule is C[C]1[C](C)[C](C)[C](C)[C]1C.C[C]1[C](C)[C](C)[C](C)[C]1C.O=S(=O)([O-])C(F)(F)F.[C-]#[O+].[C-]#[O+].[C-]#[O+].[C-]#[O+].[Ru+2].[Ru+]. The molecule has 2 aliphatic carbocycles. The second-order valence-corrected chi connectivity index (χ2v) is 8.52. The second-order valence-electron chi connectivity index (χ2n) is 7.15. The summed E-state index contributed by atoms with van der Waals surface area (Å²) in [5, 5.41) is 0. The summed E-state index contributed by atoms with van der Waals surface area (Å²) in [7, 11) is -6.09. The standard InChI is InChI=1S/2C10H15.CHF3O3S.4CO.2Ru/c2*1-6-7(2)9(4)10(5)8(6)3;2-1(3,4)8(5,6)7;4*1-2;;/h2*1-5H3;(H,5,6,7);;;;;;/q;;;;;;;+1;+2/p-1. The zero-order chi connectivity index (χ0) is 30.8. The number of halogens is 3. The van der Waals surface area contributed by atoms with Gasteiger partial charge in [-0.15, -0.1) is 0 Å². The molecule has 11 radical (unpaired) electrons. The van der Waals surface area contributed by atoms with E-state index in [4.69, 9.17) is 31.6 Å². The van der Waals surface area contributed by atoms with Gasteiger partial charge < -0.3 is 4.55 Å². The van der Waals surface area contributed by atoms with Gasteiger partial charge in [0, 0.05) is 0 Å². The molecule has 2 saturated carbocycles. The molecule has 0 saturated heterocycles. The molecule has 0 aromatic carbocycles. The van der Waals surface area contributed by atoms with E-state index in [1.54, 1.807) is 0 Å². The molecule has 2 aliphatic rings. The molecule has 0 unspecified atom stereocenters. The Morgan fingerprint density at radius 3 is 0.579 bits per heavy atom. The Labute approximate surface area is 253 Å². The van der Waals surface area contributed by atoms with Gasteiger partial charge in [0.05, 0.1) is 0 Å². The largest absolute Gasteiger partial charge is 2.00 e. The first kappa shape index (κ1) is 54.1. The van der Waals surface area contributed by atoms with Crippen LogP contribution in [0.25, 0.3) is 0 Å². The zero-order valence-electron chi connectivity index (χ0n) is 22.6. The molecule has 7 nitrogen and oxygen atoms in total. The second kappa shape index (κ2) is 27.1. The first-order chi connectivity index (χ1) is 16.4. The van der Waals surface area contributed by atoms with E-state index in [2.05, 4.69) is 95.8 Å². The van der Waals surface area contributed by atoms with Crippen molar-refractivity contribution in [1.29, 1.82) is 0 Å². The molecule has 13 heteroatoms. The van der Waals surface area contributed by atoms with Crippen molar-refractivity contribution in [3.05, 3.63) is 85.8 Å². The molecule has 0 N–H and O–H groups in total. The Bertz CT molecular complexity index is 612. The topological polar surface area (TPSA) is 137 Å². The molecule has 0 bridgehead atoms. The molecule has 38 heavy (non-hydrogen) atoms. The van der Waals surface area contributed by atoms with Crippen LogP contribution < -0.4 is 0 Å². The summed E-state index contributed by atoms with van der Waals surface area (Å²) in [4.78, 5) is 0. The van der Waals surface area contributed by atoms with Gasteiger partial charge in [0.2, 0.25) is 0 Å². The van der Waals surface area contributed by atoms with Gasteiger partial charge in [0.1, 0.15) is 0 Å². The van der Waals surface area contributed by atoms with Gasteiger partial charge in [0.15, 0.2) is 10.1 Å². The molecule has 0 spiro atoms. The quantitative estimate of drug-likeness (QED) is 0.102. The maximum Gasteiger partial charge on any atom is 2.00 e. The van der Waals surface area contributed by atoms with Crippen molar-refractivity contribution in [3.8, 4) is 0 Å². The van der Waals surface area contributed by atoms with Gasteiger partial charge in [-0.05, 0) is 59.2 Å². The summed E-state index contributed by atoms with van der Waals surface area (Å²) >= 11 is 0. The summed E-state index contributed by atoms with van der Waals surface area (Å²) in [6.07, 6.45) is 0. The summed E-state index contributed by atoms with van der Waals surface area (Å²) in [6.45, 7) is 40.0. The van der Waals surface area contributed by atoms with Crippen molar-refractivity contribution in [2.75, 3.05) is 0 Å². The van der Waals surface area contributed by atoms with Crippen molar-refractivity contribution in [1.82, 2.24) is 0 Å². The smallest absolute Gasteiger partial charge is 1.00 e. The van der Waals surface area contributed by atoms with Gasteiger partial charge in [-0.25, -0.2) is 8.42 Å². The summed E-state index contributed by atoms with van der Waals surface area (Å²) < 4.78 is 88.9. The van der Waals surface area contributed by atoms with Crippen LogP contribution in [0.15, 0.2) is 0 Å². The number of hydrogen-bond donors (Lipinski definition) is 0. The van der Waals surface area contributed by atoms with Crippen LogP contribution in [0.1, 0.15) is 69.2 Å². The first-order valence-corrected chi connectivity index (χ1v) is 11.0. The Kier molecular flexibility index (Phi) is 38.5. The molecule has 0 atom stereocenters. The minimum absolute atomic E-state index is 0. The van der Waals surface area contributed by atoms with Crippen molar-refractivity contribution >= 4 is 10.1 Å². The van der Waals surface area contributed by atoms with Crippen LogP contribution in [0, 0.1) is 85.8 Å². The van der Waals surface area contributed by atoms with Crippen molar-refractivity contribution in [3.63, 3.8) is 0 Å². The van der Waals surface area contributed by atoms with Gasteiger partial charge in [-0.1, -0.05) is 69.2 Å². The normalized spacial score (nSPS) is 18.2. The van der Waals surface area contributed by atoms with E-state index in [0.29, 0.717) is 0 Å². The Morgan fingerprint density at radius 1 is 0.500 bits per heavy atom. The number of alkyl halides is 3. The third kappa shape index (κ3) is 18.3. The fourth-order valence-corrected chi connectivity index (χ4v) is 2.81. The van der Waals surface area contributed by atoms with E-state index in [9.17, 15) is 13.2 Å². The molecule has 0 aromatic rings. The minimum Gasteiger partial charge on any atom is 1.00 e. The molecular weight excluding hydrogens is 703 g/mol. The van der Waals surface area contributed by atoms with Crippen LogP contribution in [-0.2, 0) is 67.7 Å². The third-order valence-corrected chi connectivity index (χ3v) is 6.48. The van der Waals surface area contributed by atoms with E-state index >= 15 is 0 Å². The Balaban J connectivity index is -0.0000000656. The van der Waals surface area contributed by atoms with E-state index in [-0.39, 0.29) is 39.0 Å². The summed E-state index contributed by atoms with van der Waals surface area (Å²) in [6, 6.07) is 0. The molecule has 0 amide bonds. The fraction of sp³-hybridized carbons (Fsp3) is 0.440. The van der Waals surface area contributed by atoms with Crippen LogP contribution in [0.3, 0.4) is 0 Å². The fourth-order valence-electron chi connectivity index (χ4n) is 2.81.